The molecule has 22 heavy (non-hydrogen) atoms. The highest BCUT2D eigenvalue weighted by molar-refractivity contribution is 8.14. The van der Waals surface area contributed by atoms with E-state index in [2.05, 4.69) is 20.6 Å². The molecule has 1 aliphatic rings. The topological polar surface area (TPSA) is 101 Å². The summed E-state index contributed by atoms with van der Waals surface area (Å²) in [5, 5.41) is 5.80. The lowest BCUT2D eigenvalue weighted by atomic mass is 10.3. The average Bonchev–Trinajstić information content (AvgIpc) is 2.86. The zero-order valence-corrected chi connectivity index (χ0v) is 12.8. The molecule has 0 bridgehead atoms. The SMILES string of the molecule is O=C1CC(=O)NC(SCC(=O)Nc2nc3ccccc3s2)=N1. The maximum absolute atomic E-state index is 11.9. The van der Waals surface area contributed by atoms with E-state index in [-0.39, 0.29) is 23.2 Å². The van der Waals surface area contributed by atoms with Crippen molar-refractivity contribution in [1.82, 2.24) is 10.3 Å². The van der Waals surface area contributed by atoms with Crippen molar-refractivity contribution >= 4 is 61.3 Å². The number of thiazole rings is 1. The Balaban J connectivity index is 1.58. The quantitative estimate of drug-likeness (QED) is 0.826. The molecular formula is C13H10N4O3S2. The number of aliphatic imine (C=N–C) groups is 1. The fourth-order valence-electron chi connectivity index (χ4n) is 1.76. The van der Waals surface area contributed by atoms with Crippen molar-refractivity contribution in [2.45, 2.75) is 6.42 Å². The third-order valence-electron chi connectivity index (χ3n) is 2.66. The van der Waals surface area contributed by atoms with Gasteiger partial charge in [-0.1, -0.05) is 35.2 Å². The van der Waals surface area contributed by atoms with Crippen LogP contribution in [0.1, 0.15) is 6.42 Å². The fraction of sp³-hybridized carbons (Fsp3) is 0.154. The highest BCUT2D eigenvalue weighted by Crippen LogP contribution is 2.25. The van der Waals surface area contributed by atoms with E-state index in [0.717, 1.165) is 22.0 Å². The van der Waals surface area contributed by atoms with Gasteiger partial charge in [0, 0.05) is 0 Å². The summed E-state index contributed by atoms with van der Waals surface area (Å²) in [6.07, 6.45) is -0.248. The van der Waals surface area contributed by atoms with Gasteiger partial charge in [-0.2, -0.15) is 4.99 Å². The van der Waals surface area contributed by atoms with E-state index in [0.29, 0.717) is 5.13 Å². The van der Waals surface area contributed by atoms with Gasteiger partial charge >= 0.3 is 0 Å². The Morgan fingerprint density at radius 3 is 2.95 bits per heavy atom. The minimum atomic E-state index is -0.502. The summed E-state index contributed by atoms with van der Waals surface area (Å²) in [6, 6.07) is 7.58. The van der Waals surface area contributed by atoms with Crippen LogP contribution in [-0.2, 0) is 14.4 Å². The van der Waals surface area contributed by atoms with E-state index in [4.69, 9.17) is 0 Å². The molecule has 0 radical (unpaired) electrons. The molecule has 3 amide bonds. The minimum absolute atomic E-state index is 0.0301. The van der Waals surface area contributed by atoms with Crippen molar-refractivity contribution in [1.29, 1.82) is 0 Å². The van der Waals surface area contributed by atoms with Crippen LogP contribution in [0.2, 0.25) is 0 Å². The second-order valence-electron chi connectivity index (χ2n) is 4.36. The summed E-state index contributed by atoms with van der Waals surface area (Å²) in [7, 11) is 0. The molecule has 2 heterocycles. The van der Waals surface area contributed by atoms with Gasteiger partial charge in [0.25, 0.3) is 5.91 Å². The Kier molecular flexibility index (Phi) is 4.16. The van der Waals surface area contributed by atoms with Crippen molar-refractivity contribution < 1.29 is 14.4 Å². The van der Waals surface area contributed by atoms with Gasteiger partial charge in [0.05, 0.1) is 16.0 Å². The number of hydrogen-bond donors (Lipinski definition) is 2. The van der Waals surface area contributed by atoms with Crippen molar-refractivity contribution in [3.05, 3.63) is 24.3 Å². The molecule has 9 heteroatoms. The Bertz CT molecular complexity index is 766. The molecule has 7 nitrogen and oxygen atoms in total. The van der Waals surface area contributed by atoms with Crippen molar-refractivity contribution in [2.24, 2.45) is 4.99 Å². The molecule has 2 N–H and O–H groups in total. The summed E-state index contributed by atoms with van der Waals surface area (Å²) >= 11 is 2.38. The van der Waals surface area contributed by atoms with Gasteiger partial charge in [0.2, 0.25) is 11.8 Å². The van der Waals surface area contributed by atoms with E-state index in [1.165, 1.54) is 11.3 Å². The molecule has 0 atom stereocenters. The number of rotatable bonds is 3. The zero-order valence-electron chi connectivity index (χ0n) is 11.2. The average molecular weight is 334 g/mol. The molecular weight excluding hydrogens is 324 g/mol. The summed E-state index contributed by atoms with van der Waals surface area (Å²) in [5.74, 6) is -1.16. The number of fused-ring (bicyclic) bond motifs is 1. The summed E-state index contributed by atoms with van der Waals surface area (Å²) in [4.78, 5) is 42.2. The summed E-state index contributed by atoms with van der Waals surface area (Å²) in [6.45, 7) is 0. The van der Waals surface area contributed by atoms with Crippen molar-refractivity contribution in [3.8, 4) is 0 Å². The zero-order chi connectivity index (χ0) is 15.5. The molecule has 0 spiro atoms. The first kappa shape index (κ1) is 14.7. The Labute approximate surface area is 133 Å². The lowest BCUT2D eigenvalue weighted by molar-refractivity contribution is -0.127. The first-order valence-corrected chi connectivity index (χ1v) is 8.10. The predicted octanol–water partition coefficient (Wildman–Crippen LogP) is 1.37. The first-order valence-electron chi connectivity index (χ1n) is 6.30. The number of anilines is 1. The number of para-hydroxylation sites is 1. The Morgan fingerprint density at radius 1 is 1.36 bits per heavy atom. The number of nitrogens with one attached hydrogen (secondary N) is 2. The third-order valence-corrected chi connectivity index (χ3v) is 4.49. The highest BCUT2D eigenvalue weighted by Gasteiger charge is 2.19. The normalized spacial score (nSPS) is 14.6. The van der Waals surface area contributed by atoms with Crippen LogP contribution < -0.4 is 10.6 Å². The molecule has 0 unspecified atom stereocenters. The molecule has 0 saturated heterocycles. The smallest absolute Gasteiger partial charge is 0.257 e. The van der Waals surface area contributed by atoms with Gasteiger partial charge in [0.15, 0.2) is 10.3 Å². The third kappa shape index (κ3) is 3.49. The summed E-state index contributed by atoms with van der Waals surface area (Å²) < 4.78 is 0.986. The Hall–Kier alpha value is -2.26. The maximum Gasteiger partial charge on any atom is 0.257 e. The molecule has 2 aromatic rings. The molecule has 0 aliphatic carbocycles. The standard InChI is InChI=1S/C13H10N4O3S2/c18-9-5-10(19)16-12(15-9)21-6-11(20)17-13-14-7-3-1-2-4-8(7)22-13/h1-4H,5-6H2,(H,14,17,20)(H,15,16,18,19). The van der Waals surface area contributed by atoms with Gasteiger partial charge in [-0.15, -0.1) is 0 Å². The van der Waals surface area contributed by atoms with E-state index in [9.17, 15) is 14.4 Å². The van der Waals surface area contributed by atoms with Gasteiger partial charge in [0.1, 0.15) is 6.42 Å². The van der Waals surface area contributed by atoms with Crippen molar-refractivity contribution in [2.75, 3.05) is 11.1 Å². The number of amides is 3. The number of benzene rings is 1. The van der Waals surface area contributed by atoms with Gasteiger partial charge < -0.3 is 10.6 Å². The molecule has 1 aliphatic heterocycles. The molecule has 0 fully saturated rings. The van der Waals surface area contributed by atoms with Gasteiger partial charge in [-0.25, -0.2) is 4.98 Å². The summed E-state index contributed by atoms with van der Waals surface area (Å²) in [5.41, 5.74) is 0.824. The van der Waals surface area contributed by atoms with Crippen LogP contribution in [0, 0.1) is 0 Å². The van der Waals surface area contributed by atoms with Crippen molar-refractivity contribution in [3.63, 3.8) is 0 Å². The number of carbonyl (C=O) groups is 3. The van der Waals surface area contributed by atoms with E-state index < -0.39 is 11.8 Å². The molecule has 112 valence electrons. The lowest BCUT2D eigenvalue weighted by Crippen LogP contribution is -2.35. The number of carbonyl (C=O) groups excluding carboxylic acids is 3. The molecule has 1 aromatic heterocycles. The van der Waals surface area contributed by atoms with Crippen LogP contribution in [0.25, 0.3) is 10.2 Å². The second kappa shape index (κ2) is 6.24. The van der Waals surface area contributed by atoms with E-state index in [1.54, 1.807) is 0 Å². The maximum atomic E-state index is 11.9. The highest BCUT2D eigenvalue weighted by atomic mass is 32.2. The molecule has 3 rings (SSSR count). The lowest BCUT2D eigenvalue weighted by Gasteiger charge is -2.10. The van der Waals surface area contributed by atoms with Gasteiger partial charge in [-0.3, -0.25) is 14.4 Å². The number of hydrogen-bond acceptors (Lipinski definition) is 6. The molecule has 0 saturated carbocycles. The van der Waals surface area contributed by atoms with Crippen LogP contribution in [0.3, 0.4) is 0 Å². The van der Waals surface area contributed by atoms with Gasteiger partial charge in [-0.05, 0) is 12.1 Å². The van der Waals surface area contributed by atoms with Crippen LogP contribution in [0.5, 0.6) is 0 Å². The largest absolute Gasteiger partial charge is 0.305 e. The number of nitrogens with zero attached hydrogens (tertiary/aromatic N) is 2. The number of thioether (sulfide) groups is 1. The van der Waals surface area contributed by atoms with Crippen LogP contribution in [0.15, 0.2) is 29.3 Å². The predicted molar refractivity (Wildman–Crippen MR) is 85.9 cm³/mol. The van der Waals surface area contributed by atoms with Crippen LogP contribution in [-0.4, -0.2) is 33.6 Å². The number of amidine groups is 1. The minimum Gasteiger partial charge on any atom is -0.305 e. The number of aromatic nitrogens is 1. The van der Waals surface area contributed by atoms with E-state index >= 15 is 0 Å². The van der Waals surface area contributed by atoms with Crippen LogP contribution in [0.4, 0.5) is 5.13 Å². The first-order chi connectivity index (χ1) is 10.6. The Morgan fingerprint density at radius 2 is 2.18 bits per heavy atom. The van der Waals surface area contributed by atoms with E-state index in [1.807, 2.05) is 24.3 Å². The second-order valence-corrected chi connectivity index (χ2v) is 6.35. The fourth-order valence-corrected chi connectivity index (χ4v) is 3.34. The molecule has 1 aromatic carbocycles. The monoisotopic (exact) mass is 334 g/mol. The van der Waals surface area contributed by atoms with Crippen LogP contribution >= 0.6 is 23.1 Å².